The SMILES string of the molecule is O=C(O)C1=Cc2cc(Cl)ccc2OC1(c1nc2ccccc2[nH]1)C(F)(F)F. The molecule has 2 N–H and O–H groups in total. The van der Waals surface area contributed by atoms with Crippen LogP contribution in [0.3, 0.4) is 0 Å². The van der Waals surface area contributed by atoms with Crippen LogP contribution in [-0.2, 0) is 10.4 Å². The van der Waals surface area contributed by atoms with E-state index in [9.17, 15) is 23.1 Å². The van der Waals surface area contributed by atoms with Gasteiger partial charge in [0.2, 0.25) is 0 Å². The molecule has 0 fully saturated rings. The Balaban J connectivity index is 2.04. The summed E-state index contributed by atoms with van der Waals surface area (Å²) < 4.78 is 48.1. The number of hydrogen-bond donors (Lipinski definition) is 2. The molecule has 138 valence electrons. The molecule has 2 aromatic carbocycles. The minimum atomic E-state index is -5.11. The maximum Gasteiger partial charge on any atom is 0.440 e. The largest absolute Gasteiger partial charge is 0.478 e. The summed E-state index contributed by atoms with van der Waals surface area (Å²) in [6.45, 7) is 0. The first-order chi connectivity index (χ1) is 12.7. The Morgan fingerprint density at radius 1 is 1.22 bits per heavy atom. The molecular weight excluding hydrogens is 385 g/mol. The van der Waals surface area contributed by atoms with Crippen LogP contribution in [0, 0.1) is 0 Å². The Morgan fingerprint density at radius 3 is 2.63 bits per heavy atom. The van der Waals surface area contributed by atoms with Crippen LogP contribution in [0.25, 0.3) is 17.1 Å². The summed E-state index contributed by atoms with van der Waals surface area (Å²) >= 11 is 5.86. The Bertz CT molecular complexity index is 1070. The van der Waals surface area contributed by atoms with E-state index in [2.05, 4.69) is 9.97 Å². The number of nitrogens with zero attached hydrogens (tertiary/aromatic N) is 1. The van der Waals surface area contributed by atoms with Crippen LogP contribution in [0.1, 0.15) is 11.4 Å². The number of carboxylic acids is 1. The molecule has 9 heteroatoms. The highest BCUT2D eigenvalue weighted by Crippen LogP contribution is 2.51. The monoisotopic (exact) mass is 394 g/mol. The van der Waals surface area contributed by atoms with Gasteiger partial charge in [-0.15, -0.1) is 0 Å². The van der Waals surface area contributed by atoms with Crippen molar-refractivity contribution >= 4 is 34.7 Å². The maximum atomic E-state index is 14.3. The van der Waals surface area contributed by atoms with Gasteiger partial charge in [-0.3, -0.25) is 0 Å². The predicted molar refractivity (Wildman–Crippen MR) is 91.5 cm³/mol. The lowest BCUT2D eigenvalue weighted by Gasteiger charge is -2.37. The van der Waals surface area contributed by atoms with Crippen LogP contribution in [0.4, 0.5) is 13.2 Å². The highest BCUT2D eigenvalue weighted by atomic mass is 35.5. The van der Waals surface area contributed by atoms with Gasteiger partial charge < -0.3 is 14.8 Å². The molecular formula is C18H10ClF3N2O3. The van der Waals surface area contributed by atoms with E-state index in [0.717, 1.165) is 6.08 Å². The Hall–Kier alpha value is -3.00. The molecule has 5 nitrogen and oxygen atoms in total. The zero-order chi connectivity index (χ0) is 19.4. The number of aromatic amines is 1. The zero-order valence-corrected chi connectivity index (χ0v) is 14.1. The molecule has 0 radical (unpaired) electrons. The number of rotatable bonds is 2. The van der Waals surface area contributed by atoms with Crippen molar-refractivity contribution in [2.45, 2.75) is 11.8 Å². The second-order valence-electron chi connectivity index (χ2n) is 5.93. The summed E-state index contributed by atoms with van der Waals surface area (Å²) in [7, 11) is 0. The number of nitrogens with one attached hydrogen (secondary N) is 1. The molecule has 0 bridgehead atoms. The highest BCUT2D eigenvalue weighted by molar-refractivity contribution is 6.30. The van der Waals surface area contributed by atoms with Gasteiger partial charge in [-0.1, -0.05) is 23.7 Å². The van der Waals surface area contributed by atoms with Gasteiger partial charge in [0.05, 0.1) is 16.6 Å². The van der Waals surface area contributed by atoms with Crippen LogP contribution in [0.5, 0.6) is 5.75 Å². The number of imidazole rings is 1. The number of halogens is 4. The zero-order valence-electron chi connectivity index (χ0n) is 13.3. The number of aromatic nitrogens is 2. The van der Waals surface area contributed by atoms with Gasteiger partial charge >= 0.3 is 12.1 Å². The minimum Gasteiger partial charge on any atom is -0.478 e. The van der Waals surface area contributed by atoms with Crippen molar-refractivity contribution in [3.63, 3.8) is 0 Å². The van der Waals surface area contributed by atoms with Crippen molar-refractivity contribution in [2.24, 2.45) is 0 Å². The van der Waals surface area contributed by atoms with Crippen molar-refractivity contribution in [3.8, 4) is 5.75 Å². The van der Waals surface area contributed by atoms with Crippen molar-refractivity contribution in [1.29, 1.82) is 0 Å². The van der Waals surface area contributed by atoms with E-state index in [1.165, 1.54) is 30.3 Å². The number of para-hydroxylation sites is 2. The standard InChI is InChI=1S/C18H10ClF3N2O3/c19-10-5-6-14-9(7-10)8-11(15(25)26)17(27-14,18(20,21)22)16-23-12-3-1-2-4-13(12)24-16/h1-8H,(H,23,24)(H,25,26). The molecule has 1 atom stereocenters. The number of ether oxygens (including phenoxy) is 1. The third-order valence-electron chi connectivity index (χ3n) is 4.27. The molecule has 27 heavy (non-hydrogen) atoms. The van der Waals surface area contributed by atoms with E-state index < -0.39 is 29.1 Å². The third-order valence-corrected chi connectivity index (χ3v) is 4.50. The molecule has 1 unspecified atom stereocenters. The lowest BCUT2D eigenvalue weighted by Crippen LogP contribution is -2.52. The smallest absolute Gasteiger partial charge is 0.440 e. The third kappa shape index (κ3) is 2.56. The molecule has 1 aromatic heterocycles. The second kappa shape index (κ2) is 5.75. The molecule has 2 heterocycles. The topological polar surface area (TPSA) is 75.2 Å². The first-order valence-corrected chi connectivity index (χ1v) is 8.06. The first kappa shape index (κ1) is 17.4. The minimum absolute atomic E-state index is 0.135. The van der Waals surface area contributed by atoms with E-state index >= 15 is 0 Å². The van der Waals surface area contributed by atoms with Crippen molar-refractivity contribution in [2.75, 3.05) is 0 Å². The van der Waals surface area contributed by atoms with Crippen LogP contribution in [0.2, 0.25) is 5.02 Å². The summed E-state index contributed by atoms with van der Waals surface area (Å²) in [5.41, 5.74) is -3.59. The van der Waals surface area contributed by atoms with Gasteiger partial charge in [0.15, 0.2) is 5.82 Å². The summed E-state index contributed by atoms with van der Waals surface area (Å²) in [4.78, 5) is 18.3. The molecule has 0 saturated carbocycles. The summed E-state index contributed by atoms with van der Waals surface area (Å²) in [6.07, 6.45) is -4.20. The molecule has 0 spiro atoms. The van der Waals surface area contributed by atoms with Gasteiger partial charge in [0, 0.05) is 10.6 Å². The number of alkyl halides is 3. The van der Waals surface area contributed by atoms with Gasteiger partial charge in [0.25, 0.3) is 5.60 Å². The van der Waals surface area contributed by atoms with Crippen LogP contribution >= 0.6 is 11.6 Å². The average Bonchev–Trinajstić information content (AvgIpc) is 3.03. The highest BCUT2D eigenvalue weighted by Gasteiger charge is 2.66. The normalized spacial score (nSPS) is 19.3. The van der Waals surface area contributed by atoms with Gasteiger partial charge in [-0.25, -0.2) is 9.78 Å². The second-order valence-corrected chi connectivity index (χ2v) is 6.37. The average molecular weight is 395 g/mol. The quantitative estimate of drug-likeness (QED) is 0.669. The van der Waals surface area contributed by atoms with Crippen LogP contribution in [0.15, 0.2) is 48.0 Å². The Morgan fingerprint density at radius 2 is 1.96 bits per heavy atom. The number of carbonyl (C=O) groups is 1. The lowest BCUT2D eigenvalue weighted by atomic mass is 9.87. The summed E-state index contributed by atoms with van der Waals surface area (Å²) in [5.74, 6) is -2.59. The van der Waals surface area contributed by atoms with E-state index in [1.54, 1.807) is 12.1 Å². The molecule has 4 rings (SSSR count). The fourth-order valence-electron chi connectivity index (χ4n) is 3.05. The molecule has 0 aliphatic carbocycles. The van der Waals surface area contributed by atoms with Crippen molar-refractivity contribution in [1.82, 2.24) is 9.97 Å². The number of aliphatic carboxylic acids is 1. The van der Waals surface area contributed by atoms with E-state index in [-0.39, 0.29) is 21.9 Å². The van der Waals surface area contributed by atoms with E-state index in [0.29, 0.717) is 5.52 Å². The molecule has 3 aromatic rings. The van der Waals surface area contributed by atoms with Crippen molar-refractivity contribution in [3.05, 3.63) is 64.4 Å². The lowest BCUT2D eigenvalue weighted by molar-refractivity contribution is -0.243. The van der Waals surface area contributed by atoms with E-state index in [4.69, 9.17) is 16.3 Å². The van der Waals surface area contributed by atoms with E-state index in [1.807, 2.05) is 0 Å². The predicted octanol–water partition coefficient (Wildman–Crippen LogP) is 4.53. The molecule has 1 aliphatic heterocycles. The fourth-order valence-corrected chi connectivity index (χ4v) is 3.24. The maximum absolute atomic E-state index is 14.3. The fraction of sp³-hybridized carbons (Fsp3) is 0.111. The number of carboxylic acid groups (broad SMARTS) is 1. The van der Waals surface area contributed by atoms with Crippen LogP contribution < -0.4 is 4.74 Å². The van der Waals surface area contributed by atoms with Gasteiger partial charge in [-0.2, -0.15) is 13.2 Å². The number of fused-ring (bicyclic) bond motifs is 2. The van der Waals surface area contributed by atoms with Gasteiger partial charge in [0.1, 0.15) is 5.75 Å². The van der Waals surface area contributed by atoms with Crippen molar-refractivity contribution < 1.29 is 27.8 Å². The summed E-state index contributed by atoms with van der Waals surface area (Å²) in [5, 5.41) is 9.78. The number of hydrogen-bond acceptors (Lipinski definition) is 3. The molecule has 0 saturated heterocycles. The Labute approximate surface area is 155 Å². The Kier molecular flexibility index (Phi) is 3.71. The van der Waals surface area contributed by atoms with Crippen LogP contribution in [-0.4, -0.2) is 27.2 Å². The summed E-state index contributed by atoms with van der Waals surface area (Å²) in [6, 6.07) is 10.2. The molecule has 0 amide bonds. The number of benzene rings is 2. The first-order valence-electron chi connectivity index (χ1n) is 7.68. The number of H-pyrrole nitrogens is 1. The molecule has 1 aliphatic rings. The van der Waals surface area contributed by atoms with Gasteiger partial charge in [-0.05, 0) is 36.4 Å².